The molecule has 2 aliphatic rings. The molecule has 0 amide bonds. The van der Waals surface area contributed by atoms with Crippen LogP contribution in [0.4, 0.5) is 4.79 Å². The smallest absolute Gasteiger partial charge is 0.450 e. The highest BCUT2D eigenvalue weighted by Crippen LogP contribution is 2.57. The van der Waals surface area contributed by atoms with Crippen LogP contribution in [-0.2, 0) is 4.74 Å². The molecule has 0 saturated heterocycles. The average molecular weight is 156 g/mol. The third kappa shape index (κ3) is 1.08. The molecule has 1 N–H and O–H groups in total. The van der Waals surface area contributed by atoms with Crippen molar-refractivity contribution in [2.45, 2.75) is 25.9 Å². The largest absolute Gasteiger partial charge is 0.506 e. The Morgan fingerprint density at radius 2 is 2.00 bits per heavy atom. The molecule has 3 heteroatoms. The molecule has 11 heavy (non-hydrogen) atoms. The maximum atomic E-state index is 10.1. The molecule has 62 valence electrons. The van der Waals surface area contributed by atoms with Crippen LogP contribution >= 0.6 is 0 Å². The van der Waals surface area contributed by atoms with Crippen LogP contribution in [0.25, 0.3) is 0 Å². The summed E-state index contributed by atoms with van der Waals surface area (Å²) < 4.78 is 4.68. The topological polar surface area (TPSA) is 46.5 Å². The van der Waals surface area contributed by atoms with Crippen LogP contribution in [0.15, 0.2) is 0 Å². The van der Waals surface area contributed by atoms with Gasteiger partial charge in [0.15, 0.2) is 0 Å². The fraction of sp³-hybridized carbons (Fsp3) is 0.875. The minimum Gasteiger partial charge on any atom is -0.450 e. The van der Waals surface area contributed by atoms with Crippen LogP contribution in [0.5, 0.6) is 0 Å². The van der Waals surface area contributed by atoms with Crippen molar-refractivity contribution >= 4 is 6.16 Å². The van der Waals surface area contributed by atoms with Crippen LogP contribution in [0.3, 0.4) is 0 Å². The highest BCUT2D eigenvalue weighted by molar-refractivity contribution is 5.57. The summed E-state index contributed by atoms with van der Waals surface area (Å²) >= 11 is 0. The van der Waals surface area contributed by atoms with Gasteiger partial charge in [0.2, 0.25) is 0 Å². The Balaban J connectivity index is 1.81. The molecule has 2 saturated carbocycles. The summed E-state index contributed by atoms with van der Waals surface area (Å²) in [6.45, 7) is 2.23. The Morgan fingerprint density at radius 1 is 1.45 bits per heavy atom. The maximum absolute atomic E-state index is 10.1. The molecule has 0 heterocycles. The van der Waals surface area contributed by atoms with Crippen LogP contribution < -0.4 is 0 Å². The molecule has 2 atom stereocenters. The quantitative estimate of drug-likeness (QED) is 0.588. The number of carbonyl (C=O) groups is 1. The SMILES string of the molecule is CC1C2CC(OC(=O)O)CC12. The molecule has 0 aromatic carbocycles. The van der Waals surface area contributed by atoms with E-state index in [2.05, 4.69) is 11.7 Å². The summed E-state index contributed by atoms with van der Waals surface area (Å²) in [5.41, 5.74) is 0. The predicted molar refractivity (Wildman–Crippen MR) is 38.3 cm³/mol. The first-order chi connectivity index (χ1) is 5.18. The zero-order chi connectivity index (χ0) is 8.01. The second-order valence-electron chi connectivity index (χ2n) is 3.66. The van der Waals surface area contributed by atoms with Crippen molar-refractivity contribution in [1.82, 2.24) is 0 Å². The molecule has 0 bridgehead atoms. The van der Waals surface area contributed by atoms with Gasteiger partial charge in [-0.15, -0.1) is 0 Å². The van der Waals surface area contributed by atoms with Crippen LogP contribution in [0.2, 0.25) is 0 Å². The number of rotatable bonds is 1. The molecule has 3 nitrogen and oxygen atoms in total. The van der Waals surface area contributed by atoms with Gasteiger partial charge in [-0.25, -0.2) is 4.79 Å². The lowest BCUT2D eigenvalue weighted by Gasteiger charge is -2.10. The first-order valence-corrected chi connectivity index (χ1v) is 4.08. The second kappa shape index (κ2) is 2.13. The van der Waals surface area contributed by atoms with E-state index in [-0.39, 0.29) is 6.10 Å². The summed E-state index contributed by atoms with van der Waals surface area (Å²) in [6.07, 6.45) is 0.790. The third-order valence-electron chi connectivity index (χ3n) is 3.10. The minimum absolute atomic E-state index is 0.00120. The Kier molecular flexibility index (Phi) is 1.34. The van der Waals surface area contributed by atoms with Crippen molar-refractivity contribution < 1.29 is 14.6 Å². The number of hydrogen-bond acceptors (Lipinski definition) is 2. The van der Waals surface area contributed by atoms with Gasteiger partial charge in [-0.2, -0.15) is 0 Å². The molecule has 2 fully saturated rings. The van der Waals surface area contributed by atoms with Gasteiger partial charge < -0.3 is 9.84 Å². The fourth-order valence-electron chi connectivity index (χ4n) is 2.36. The predicted octanol–water partition coefficient (Wildman–Crippen LogP) is 1.73. The average Bonchev–Trinajstić information content (AvgIpc) is 2.44. The molecule has 0 radical (unpaired) electrons. The summed E-state index contributed by atoms with van der Waals surface area (Å²) in [6, 6.07) is 0. The van der Waals surface area contributed by atoms with Gasteiger partial charge in [0.1, 0.15) is 6.10 Å². The number of ether oxygens (including phenoxy) is 1. The highest BCUT2D eigenvalue weighted by Gasteiger charge is 2.54. The van der Waals surface area contributed by atoms with Crippen molar-refractivity contribution in [1.29, 1.82) is 0 Å². The van der Waals surface area contributed by atoms with E-state index in [1.165, 1.54) is 0 Å². The lowest BCUT2D eigenvalue weighted by molar-refractivity contribution is 0.0479. The molecule has 0 aliphatic heterocycles. The standard InChI is InChI=1S/C8H12O3/c1-4-6-2-5(3-7(4)6)11-8(9)10/h4-7H,2-3H2,1H3,(H,9,10). The fourth-order valence-corrected chi connectivity index (χ4v) is 2.36. The number of carboxylic acid groups (broad SMARTS) is 1. The summed E-state index contributed by atoms with van der Waals surface area (Å²) in [4.78, 5) is 10.1. The Labute approximate surface area is 65.4 Å². The lowest BCUT2D eigenvalue weighted by Crippen LogP contribution is -2.15. The molecule has 0 aromatic rings. The van der Waals surface area contributed by atoms with Crippen molar-refractivity contribution in [3.63, 3.8) is 0 Å². The van der Waals surface area contributed by atoms with Gasteiger partial charge in [0.05, 0.1) is 0 Å². The van der Waals surface area contributed by atoms with Crippen LogP contribution in [-0.4, -0.2) is 17.4 Å². The zero-order valence-corrected chi connectivity index (χ0v) is 6.49. The molecule has 0 aromatic heterocycles. The zero-order valence-electron chi connectivity index (χ0n) is 6.49. The Hall–Kier alpha value is -0.730. The Morgan fingerprint density at radius 3 is 2.45 bits per heavy atom. The van der Waals surface area contributed by atoms with Gasteiger partial charge in [0, 0.05) is 0 Å². The van der Waals surface area contributed by atoms with Crippen molar-refractivity contribution in [3.8, 4) is 0 Å². The highest BCUT2D eigenvalue weighted by atomic mass is 16.7. The van der Waals surface area contributed by atoms with Gasteiger partial charge in [-0.05, 0) is 30.6 Å². The maximum Gasteiger partial charge on any atom is 0.506 e. The van der Waals surface area contributed by atoms with E-state index in [0.717, 1.165) is 30.6 Å². The van der Waals surface area contributed by atoms with E-state index < -0.39 is 6.16 Å². The van der Waals surface area contributed by atoms with Gasteiger partial charge in [0.25, 0.3) is 0 Å². The summed E-state index contributed by atoms with van der Waals surface area (Å²) in [5, 5.41) is 8.32. The van der Waals surface area contributed by atoms with Crippen LogP contribution in [0.1, 0.15) is 19.8 Å². The summed E-state index contributed by atoms with van der Waals surface area (Å²) in [5.74, 6) is 2.35. The molecule has 0 spiro atoms. The van der Waals surface area contributed by atoms with E-state index >= 15 is 0 Å². The van der Waals surface area contributed by atoms with E-state index in [1.807, 2.05) is 0 Å². The van der Waals surface area contributed by atoms with E-state index in [4.69, 9.17) is 5.11 Å². The number of fused-ring (bicyclic) bond motifs is 1. The lowest BCUT2D eigenvalue weighted by atomic mass is 10.1. The minimum atomic E-state index is -1.12. The van der Waals surface area contributed by atoms with Crippen molar-refractivity contribution in [2.75, 3.05) is 0 Å². The third-order valence-corrected chi connectivity index (χ3v) is 3.10. The van der Waals surface area contributed by atoms with Gasteiger partial charge >= 0.3 is 6.16 Å². The summed E-state index contributed by atoms with van der Waals surface area (Å²) in [7, 11) is 0. The first-order valence-electron chi connectivity index (χ1n) is 4.08. The Bertz CT molecular complexity index is 178. The second-order valence-corrected chi connectivity index (χ2v) is 3.66. The monoisotopic (exact) mass is 156 g/mol. The van der Waals surface area contributed by atoms with Crippen LogP contribution in [0, 0.1) is 17.8 Å². The normalized spacial score (nSPS) is 46.6. The molecule has 2 rings (SSSR count). The molecule has 2 unspecified atom stereocenters. The van der Waals surface area contributed by atoms with E-state index in [9.17, 15) is 4.79 Å². The molecule has 2 aliphatic carbocycles. The first kappa shape index (κ1) is 6.95. The number of hydrogen-bond donors (Lipinski definition) is 1. The van der Waals surface area contributed by atoms with Gasteiger partial charge in [-0.1, -0.05) is 6.92 Å². The van der Waals surface area contributed by atoms with E-state index in [1.54, 1.807) is 0 Å². The molecular weight excluding hydrogens is 144 g/mol. The van der Waals surface area contributed by atoms with E-state index in [0.29, 0.717) is 0 Å². The van der Waals surface area contributed by atoms with Gasteiger partial charge in [-0.3, -0.25) is 0 Å². The molecular formula is C8H12O3. The van der Waals surface area contributed by atoms with Crippen molar-refractivity contribution in [3.05, 3.63) is 0 Å². The van der Waals surface area contributed by atoms with Crippen molar-refractivity contribution in [2.24, 2.45) is 17.8 Å².